The van der Waals surface area contributed by atoms with Crippen molar-refractivity contribution in [2.75, 3.05) is 0 Å². The summed E-state index contributed by atoms with van der Waals surface area (Å²) in [6.45, 7) is 0. The predicted octanol–water partition coefficient (Wildman–Crippen LogP) is 0.142. The minimum absolute atomic E-state index is 0.0429. The monoisotopic (exact) mass is 177 g/mol. The van der Waals surface area contributed by atoms with Gasteiger partial charge >= 0.3 is 0 Å². The summed E-state index contributed by atoms with van der Waals surface area (Å²) in [5.74, 6) is -0.194. The number of nitrogens with one attached hydrogen (secondary N) is 1. The number of fused-ring (bicyclic) bond motifs is 1. The molecule has 1 heterocycles. The number of hydrogen-bond donors (Lipinski definition) is 4. The lowest BCUT2D eigenvalue weighted by molar-refractivity contribution is 0.450. The zero-order valence-electron chi connectivity index (χ0n) is 6.57. The smallest absolute Gasteiger partial charge is 0.155 e. The number of phenolic OH excluding ortho intramolecular Hbond substituents is 2. The second-order valence-electron chi connectivity index (χ2n) is 2.73. The highest BCUT2D eigenvalue weighted by atomic mass is 16.3. The number of nitrogens with zero attached hydrogens (tertiary/aromatic N) is 1. The number of rotatable bonds is 0. The molecule has 0 atom stereocenters. The van der Waals surface area contributed by atoms with Gasteiger partial charge in [0.2, 0.25) is 0 Å². The van der Waals surface area contributed by atoms with Gasteiger partial charge in [-0.1, -0.05) is 0 Å². The van der Waals surface area contributed by atoms with Gasteiger partial charge in [0, 0.05) is 11.6 Å². The Morgan fingerprint density at radius 1 is 1.31 bits per heavy atom. The lowest BCUT2D eigenvalue weighted by atomic mass is 10.1. The van der Waals surface area contributed by atoms with Crippen molar-refractivity contribution in [3.05, 3.63) is 23.3 Å². The molecule has 0 spiro atoms. The lowest BCUT2D eigenvalue weighted by Gasteiger charge is -2.02. The van der Waals surface area contributed by atoms with Crippen molar-refractivity contribution in [1.29, 1.82) is 5.41 Å². The number of hydrogen-bond acceptors (Lipinski definition) is 4. The molecule has 66 valence electrons. The third-order valence-electron chi connectivity index (χ3n) is 1.85. The average molecular weight is 177 g/mol. The minimum atomic E-state index is -0.154. The van der Waals surface area contributed by atoms with E-state index >= 15 is 0 Å². The molecule has 0 saturated heterocycles. The largest absolute Gasteiger partial charge is 0.508 e. The Labute approximate surface area is 73.7 Å². The van der Waals surface area contributed by atoms with Gasteiger partial charge in [-0.2, -0.15) is 0 Å². The van der Waals surface area contributed by atoms with Crippen LogP contribution in [0.3, 0.4) is 0 Å². The maximum Gasteiger partial charge on any atom is 0.155 e. The first-order valence-corrected chi connectivity index (χ1v) is 3.59. The fourth-order valence-electron chi connectivity index (χ4n) is 1.30. The topological polar surface area (TPSA) is 103 Å². The highest BCUT2D eigenvalue weighted by molar-refractivity contribution is 6.22. The molecular formula is C8H7N3O2. The Morgan fingerprint density at radius 2 is 2.00 bits per heavy atom. The number of phenols is 2. The molecule has 1 aromatic rings. The van der Waals surface area contributed by atoms with Gasteiger partial charge in [-0.25, -0.2) is 4.99 Å². The fourth-order valence-corrected chi connectivity index (χ4v) is 1.30. The second kappa shape index (κ2) is 2.22. The average Bonchev–Trinajstić information content (AvgIpc) is 2.27. The van der Waals surface area contributed by atoms with Gasteiger partial charge in [0.15, 0.2) is 5.84 Å². The summed E-state index contributed by atoms with van der Waals surface area (Å²) < 4.78 is 0. The summed E-state index contributed by atoms with van der Waals surface area (Å²) in [6.07, 6.45) is 0. The molecule has 5 nitrogen and oxygen atoms in total. The normalized spacial score (nSPS) is 14.2. The molecule has 2 rings (SSSR count). The number of amidine groups is 2. The van der Waals surface area contributed by atoms with E-state index in [1.165, 1.54) is 12.1 Å². The molecule has 0 aliphatic carbocycles. The van der Waals surface area contributed by atoms with Crippen molar-refractivity contribution < 1.29 is 10.2 Å². The van der Waals surface area contributed by atoms with Gasteiger partial charge in [-0.05, 0) is 6.07 Å². The van der Waals surface area contributed by atoms with Crippen LogP contribution in [0.25, 0.3) is 0 Å². The molecule has 0 radical (unpaired) electrons. The third-order valence-corrected chi connectivity index (χ3v) is 1.85. The lowest BCUT2D eigenvalue weighted by Crippen LogP contribution is -2.10. The van der Waals surface area contributed by atoms with Crippen LogP contribution < -0.4 is 5.73 Å². The fraction of sp³-hybridized carbons (Fsp3) is 0. The minimum Gasteiger partial charge on any atom is -0.508 e. The quantitative estimate of drug-likeness (QED) is 0.453. The SMILES string of the molecule is N=C1N=C(N)c2c(O)cc(O)cc21. The molecule has 0 fully saturated rings. The van der Waals surface area contributed by atoms with E-state index in [4.69, 9.17) is 16.2 Å². The Morgan fingerprint density at radius 3 is 2.69 bits per heavy atom. The molecule has 5 heteroatoms. The van der Waals surface area contributed by atoms with Gasteiger partial charge in [0.05, 0.1) is 5.56 Å². The van der Waals surface area contributed by atoms with E-state index in [0.717, 1.165) is 0 Å². The number of aromatic hydroxyl groups is 2. The van der Waals surface area contributed by atoms with E-state index in [9.17, 15) is 5.11 Å². The summed E-state index contributed by atoms with van der Waals surface area (Å²) in [7, 11) is 0. The van der Waals surface area contributed by atoms with Gasteiger partial charge < -0.3 is 15.9 Å². The van der Waals surface area contributed by atoms with Crippen LogP contribution in [0.4, 0.5) is 0 Å². The Hall–Kier alpha value is -2.04. The first-order chi connectivity index (χ1) is 6.09. The maximum atomic E-state index is 9.38. The van der Waals surface area contributed by atoms with Gasteiger partial charge in [0.1, 0.15) is 17.3 Å². The zero-order chi connectivity index (χ0) is 9.59. The molecule has 0 bridgehead atoms. The number of aliphatic imine (C=N–C) groups is 1. The Bertz CT molecular complexity index is 437. The first-order valence-electron chi connectivity index (χ1n) is 3.59. The van der Waals surface area contributed by atoms with Crippen LogP contribution in [0.2, 0.25) is 0 Å². The Balaban J connectivity index is 2.77. The van der Waals surface area contributed by atoms with E-state index in [0.29, 0.717) is 11.1 Å². The van der Waals surface area contributed by atoms with Crippen molar-refractivity contribution in [2.24, 2.45) is 10.7 Å². The first kappa shape index (κ1) is 7.60. The van der Waals surface area contributed by atoms with Crippen LogP contribution in [0.15, 0.2) is 17.1 Å². The molecule has 13 heavy (non-hydrogen) atoms. The van der Waals surface area contributed by atoms with Crippen LogP contribution >= 0.6 is 0 Å². The van der Waals surface area contributed by atoms with Crippen molar-refractivity contribution in [3.8, 4) is 11.5 Å². The second-order valence-corrected chi connectivity index (χ2v) is 2.73. The summed E-state index contributed by atoms with van der Waals surface area (Å²) in [6, 6.07) is 2.51. The van der Waals surface area contributed by atoms with Gasteiger partial charge in [-0.3, -0.25) is 5.41 Å². The van der Waals surface area contributed by atoms with Crippen LogP contribution in [-0.2, 0) is 0 Å². The van der Waals surface area contributed by atoms with Crippen molar-refractivity contribution in [3.63, 3.8) is 0 Å². The summed E-state index contributed by atoms with van der Waals surface area (Å²) in [5.41, 5.74) is 6.13. The molecule has 5 N–H and O–H groups in total. The summed E-state index contributed by atoms with van der Waals surface area (Å²) in [4.78, 5) is 3.67. The molecule has 0 amide bonds. The van der Waals surface area contributed by atoms with Gasteiger partial charge in [-0.15, -0.1) is 0 Å². The zero-order valence-corrected chi connectivity index (χ0v) is 6.57. The molecule has 1 aliphatic heterocycles. The van der Waals surface area contributed by atoms with Crippen molar-refractivity contribution in [2.45, 2.75) is 0 Å². The maximum absolute atomic E-state index is 9.38. The van der Waals surface area contributed by atoms with Crippen LogP contribution in [0.5, 0.6) is 11.5 Å². The molecule has 0 aromatic heterocycles. The molecular weight excluding hydrogens is 170 g/mol. The van der Waals surface area contributed by atoms with Crippen molar-refractivity contribution in [1.82, 2.24) is 0 Å². The number of benzene rings is 1. The standard InChI is InChI=1S/C8H7N3O2/c9-7-4-1-3(12)2-5(13)6(4)8(10)11-7/h1-2,12-13H,(H3,9,10,11). The summed E-state index contributed by atoms with van der Waals surface area (Å²) in [5, 5.41) is 25.9. The van der Waals surface area contributed by atoms with Crippen LogP contribution in [0.1, 0.15) is 11.1 Å². The van der Waals surface area contributed by atoms with Crippen LogP contribution in [-0.4, -0.2) is 21.9 Å². The highest BCUT2D eigenvalue weighted by Gasteiger charge is 2.22. The van der Waals surface area contributed by atoms with E-state index in [1.54, 1.807) is 0 Å². The summed E-state index contributed by atoms with van der Waals surface area (Å²) >= 11 is 0. The van der Waals surface area contributed by atoms with E-state index in [-0.39, 0.29) is 23.2 Å². The van der Waals surface area contributed by atoms with Crippen LogP contribution in [0, 0.1) is 5.41 Å². The van der Waals surface area contributed by atoms with Crippen molar-refractivity contribution >= 4 is 11.7 Å². The molecule has 0 unspecified atom stereocenters. The van der Waals surface area contributed by atoms with Gasteiger partial charge in [0.25, 0.3) is 0 Å². The number of nitrogens with two attached hydrogens (primary N) is 1. The highest BCUT2D eigenvalue weighted by Crippen LogP contribution is 2.30. The van der Waals surface area contributed by atoms with E-state index in [2.05, 4.69) is 4.99 Å². The predicted molar refractivity (Wildman–Crippen MR) is 47.3 cm³/mol. The third kappa shape index (κ3) is 0.936. The van der Waals surface area contributed by atoms with E-state index < -0.39 is 0 Å². The Kier molecular flexibility index (Phi) is 1.30. The molecule has 1 aromatic carbocycles. The van der Waals surface area contributed by atoms with E-state index in [1.807, 2.05) is 0 Å². The molecule has 0 saturated carbocycles. The molecule has 1 aliphatic rings.